The average Bonchev–Trinajstić information content (AvgIpc) is 2.69. The van der Waals surface area contributed by atoms with Crippen molar-refractivity contribution in [3.8, 4) is 17.2 Å². The van der Waals surface area contributed by atoms with Crippen molar-refractivity contribution in [2.24, 2.45) is 0 Å². The molecule has 0 saturated heterocycles. The van der Waals surface area contributed by atoms with Gasteiger partial charge in [-0.25, -0.2) is 4.39 Å². The van der Waals surface area contributed by atoms with Crippen molar-refractivity contribution in [2.75, 3.05) is 39.3 Å². The summed E-state index contributed by atoms with van der Waals surface area (Å²) in [5, 5.41) is 2.73. The molecule has 0 heterocycles. The quantitative estimate of drug-likeness (QED) is 0.750. The monoisotopic (exact) mass is 390 g/mol. The molecule has 0 atom stereocenters. The fourth-order valence-electron chi connectivity index (χ4n) is 2.71. The number of hydrogen-bond acceptors (Lipinski definition) is 5. The summed E-state index contributed by atoms with van der Waals surface area (Å²) in [7, 11) is 4.40. The number of nitrogens with zero attached hydrogens (tertiary/aromatic N) is 1. The number of amides is 2. The molecule has 28 heavy (non-hydrogen) atoms. The van der Waals surface area contributed by atoms with E-state index in [0.717, 1.165) is 0 Å². The van der Waals surface area contributed by atoms with E-state index in [4.69, 9.17) is 14.2 Å². The van der Waals surface area contributed by atoms with Crippen molar-refractivity contribution in [3.63, 3.8) is 0 Å². The van der Waals surface area contributed by atoms with Crippen LogP contribution in [0.4, 0.5) is 10.1 Å². The van der Waals surface area contributed by atoms with E-state index >= 15 is 0 Å². The van der Waals surface area contributed by atoms with Gasteiger partial charge < -0.3 is 24.4 Å². The van der Waals surface area contributed by atoms with E-state index in [0.29, 0.717) is 28.5 Å². The molecule has 150 valence electrons. The molecule has 0 spiro atoms. The molecule has 2 aromatic rings. The number of rotatable bonds is 8. The third kappa shape index (κ3) is 4.91. The van der Waals surface area contributed by atoms with Gasteiger partial charge >= 0.3 is 0 Å². The highest BCUT2D eigenvalue weighted by atomic mass is 19.1. The molecule has 2 rings (SSSR count). The number of ether oxygens (including phenoxy) is 3. The van der Waals surface area contributed by atoms with Gasteiger partial charge in [0.05, 0.1) is 21.3 Å². The highest BCUT2D eigenvalue weighted by Crippen LogP contribution is 2.38. The van der Waals surface area contributed by atoms with Gasteiger partial charge in [-0.1, -0.05) is 6.07 Å². The zero-order chi connectivity index (χ0) is 20.7. The smallest absolute Gasteiger partial charge is 0.251 e. The standard InChI is InChI=1S/C20H23FN2O5/c1-13(24)23(16-7-5-6-15(21)12-16)9-8-22-20(25)14-10-17(26-2)19(28-4)18(11-14)27-3/h5-7,10-12H,8-9H2,1-4H3,(H,22,25). The van der Waals surface area contributed by atoms with Crippen LogP contribution in [0.25, 0.3) is 0 Å². The maximum absolute atomic E-state index is 13.4. The Morgan fingerprint density at radius 3 is 2.18 bits per heavy atom. The van der Waals surface area contributed by atoms with E-state index in [-0.39, 0.29) is 24.9 Å². The largest absolute Gasteiger partial charge is 0.493 e. The topological polar surface area (TPSA) is 77.1 Å². The maximum Gasteiger partial charge on any atom is 0.251 e. The minimum absolute atomic E-state index is 0.172. The van der Waals surface area contributed by atoms with Crippen molar-refractivity contribution in [2.45, 2.75) is 6.92 Å². The van der Waals surface area contributed by atoms with Crippen molar-refractivity contribution in [1.82, 2.24) is 5.32 Å². The van der Waals surface area contributed by atoms with Gasteiger partial charge in [-0.3, -0.25) is 9.59 Å². The number of halogens is 1. The molecule has 0 radical (unpaired) electrons. The number of carbonyl (C=O) groups is 2. The second-order valence-corrected chi connectivity index (χ2v) is 5.82. The van der Waals surface area contributed by atoms with Gasteiger partial charge in [0.25, 0.3) is 5.91 Å². The van der Waals surface area contributed by atoms with Gasteiger partial charge in [0.15, 0.2) is 11.5 Å². The van der Waals surface area contributed by atoms with E-state index in [2.05, 4.69) is 5.32 Å². The summed E-state index contributed by atoms with van der Waals surface area (Å²) in [6.45, 7) is 1.74. The minimum Gasteiger partial charge on any atom is -0.493 e. The SMILES string of the molecule is COc1cc(C(=O)NCCN(C(C)=O)c2cccc(F)c2)cc(OC)c1OC. The molecule has 2 amide bonds. The maximum atomic E-state index is 13.4. The zero-order valence-corrected chi connectivity index (χ0v) is 16.2. The first-order chi connectivity index (χ1) is 13.4. The van der Waals surface area contributed by atoms with Gasteiger partial charge in [0, 0.05) is 31.3 Å². The molecule has 2 aromatic carbocycles. The third-order valence-corrected chi connectivity index (χ3v) is 4.05. The van der Waals surface area contributed by atoms with Crippen molar-refractivity contribution < 1.29 is 28.2 Å². The molecule has 0 aliphatic rings. The summed E-state index contributed by atoms with van der Waals surface area (Å²) in [5.41, 5.74) is 0.740. The molecule has 0 fully saturated rings. The first-order valence-corrected chi connectivity index (χ1v) is 8.53. The van der Waals surface area contributed by atoms with E-state index in [9.17, 15) is 14.0 Å². The van der Waals surface area contributed by atoms with Gasteiger partial charge in [-0.15, -0.1) is 0 Å². The molecule has 0 unspecified atom stereocenters. The summed E-state index contributed by atoms with van der Waals surface area (Å²) < 4.78 is 29.1. The Bertz CT molecular complexity index is 831. The Morgan fingerprint density at radius 2 is 1.68 bits per heavy atom. The fourth-order valence-corrected chi connectivity index (χ4v) is 2.71. The molecule has 1 N–H and O–H groups in total. The predicted octanol–water partition coefficient (Wildman–Crippen LogP) is 2.63. The van der Waals surface area contributed by atoms with Crippen LogP contribution in [0.15, 0.2) is 36.4 Å². The Kier molecular flexibility index (Phi) is 7.20. The van der Waals surface area contributed by atoms with E-state index in [1.807, 2.05) is 0 Å². The first kappa shape index (κ1) is 21.0. The second-order valence-electron chi connectivity index (χ2n) is 5.82. The highest BCUT2D eigenvalue weighted by molar-refractivity contribution is 5.96. The lowest BCUT2D eigenvalue weighted by molar-refractivity contribution is -0.116. The van der Waals surface area contributed by atoms with Crippen LogP contribution in [0, 0.1) is 5.82 Å². The predicted molar refractivity (Wildman–Crippen MR) is 103 cm³/mol. The van der Waals surface area contributed by atoms with Crippen LogP contribution >= 0.6 is 0 Å². The zero-order valence-electron chi connectivity index (χ0n) is 16.2. The summed E-state index contributed by atoms with van der Waals surface area (Å²) in [6.07, 6.45) is 0. The van der Waals surface area contributed by atoms with Gasteiger partial charge in [0.2, 0.25) is 11.7 Å². The van der Waals surface area contributed by atoms with Crippen molar-refractivity contribution in [1.29, 1.82) is 0 Å². The molecule has 0 aliphatic carbocycles. The number of nitrogens with one attached hydrogen (secondary N) is 1. The molecule has 7 nitrogen and oxygen atoms in total. The third-order valence-electron chi connectivity index (χ3n) is 4.05. The molecule has 8 heteroatoms. The molecule has 0 aliphatic heterocycles. The fraction of sp³-hybridized carbons (Fsp3) is 0.300. The molecule has 0 bridgehead atoms. The number of benzene rings is 2. The Hall–Kier alpha value is -3.29. The van der Waals surface area contributed by atoms with Crippen LogP contribution < -0.4 is 24.4 Å². The summed E-state index contributed by atoms with van der Waals surface area (Å²) in [6, 6.07) is 8.79. The first-order valence-electron chi connectivity index (χ1n) is 8.53. The number of anilines is 1. The second kappa shape index (κ2) is 9.59. The average molecular weight is 390 g/mol. The van der Waals surface area contributed by atoms with E-state index in [1.54, 1.807) is 6.07 Å². The van der Waals surface area contributed by atoms with Gasteiger partial charge in [0.1, 0.15) is 5.82 Å². The van der Waals surface area contributed by atoms with E-state index < -0.39 is 5.82 Å². The van der Waals surface area contributed by atoms with Crippen LogP contribution in [0.2, 0.25) is 0 Å². The Labute approximate surface area is 163 Å². The van der Waals surface area contributed by atoms with Crippen molar-refractivity contribution in [3.05, 3.63) is 47.8 Å². The number of methoxy groups -OCH3 is 3. The number of hydrogen-bond donors (Lipinski definition) is 1. The normalized spacial score (nSPS) is 10.2. The van der Waals surface area contributed by atoms with Crippen LogP contribution in [-0.4, -0.2) is 46.2 Å². The van der Waals surface area contributed by atoms with Crippen LogP contribution in [-0.2, 0) is 4.79 Å². The number of carbonyl (C=O) groups excluding carboxylic acids is 2. The molecular weight excluding hydrogens is 367 g/mol. The lowest BCUT2D eigenvalue weighted by atomic mass is 10.1. The molecule has 0 saturated carbocycles. The van der Waals surface area contributed by atoms with Gasteiger partial charge in [-0.2, -0.15) is 0 Å². The van der Waals surface area contributed by atoms with Crippen molar-refractivity contribution >= 4 is 17.5 Å². The summed E-state index contributed by atoms with van der Waals surface area (Å²) in [5.74, 6) is 0.0319. The Balaban J connectivity index is 2.10. The summed E-state index contributed by atoms with van der Waals surface area (Å²) >= 11 is 0. The van der Waals surface area contributed by atoms with Crippen LogP contribution in [0.5, 0.6) is 17.2 Å². The molecule has 0 aromatic heterocycles. The highest BCUT2D eigenvalue weighted by Gasteiger charge is 2.18. The summed E-state index contributed by atoms with van der Waals surface area (Å²) in [4.78, 5) is 25.8. The lowest BCUT2D eigenvalue weighted by Crippen LogP contribution is -2.37. The van der Waals surface area contributed by atoms with E-state index in [1.165, 1.54) is 63.5 Å². The minimum atomic E-state index is -0.440. The molecular formula is C20H23FN2O5. The van der Waals surface area contributed by atoms with Gasteiger partial charge in [-0.05, 0) is 30.3 Å². The Morgan fingerprint density at radius 1 is 1.04 bits per heavy atom. The van der Waals surface area contributed by atoms with Crippen LogP contribution in [0.3, 0.4) is 0 Å². The lowest BCUT2D eigenvalue weighted by Gasteiger charge is -2.21. The van der Waals surface area contributed by atoms with Crippen LogP contribution in [0.1, 0.15) is 17.3 Å².